The van der Waals surface area contributed by atoms with Crippen LogP contribution in [-0.2, 0) is 19.5 Å². The molecule has 1 aromatic carbocycles. The fraction of sp³-hybridized carbons (Fsp3) is 0.444. The molecule has 0 saturated carbocycles. The zero-order chi connectivity index (χ0) is 17.4. The zero-order valence-corrected chi connectivity index (χ0v) is 13.9. The molecule has 0 atom stereocenters. The first-order chi connectivity index (χ1) is 12.1. The van der Waals surface area contributed by atoms with Crippen LogP contribution in [0.5, 0.6) is 0 Å². The monoisotopic (exact) mass is 346 g/mol. The highest BCUT2D eigenvalue weighted by atomic mass is 19.1. The van der Waals surface area contributed by atoms with Gasteiger partial charge in [0.15, 0.2) is 0 Å². The molecule has 0 bridgehead atoms. The third-order valence-electron chi connectivity index (χ3n) is 4.99. The van der Waals surface area contributed by atoms with Crippen molar-refractivity contribution in [1.82, 2.24) is 14.9 Å². The van der Waals surface area contributed by atoms with Gasteiger partial charge in [-0.2, -0.15) is 0 Å². The topological polar surface area (TPSA) is 52.2 Å². The van der Waals surface area contributed by atoms with Crippen molar-refractivity contribution in [3.05, 3.63) is 57.0 Å². The first-order valence-corrected chi connectivity index (χ1v) is 8.64. The van der Waals surface area contributed by atoms with Crippen LogP contribution in [0, 0.1) is 11.6 Å². The Morgan fingerprint density at radius 1 is 1.12 bits per heavy atom. The lowest BCUT2D eigenvalue weighted by molar-refractivity contribution is 0.233. The number of rotatable bonds is 3. The van der Waals surface area contributed by atoms with E-state index in [4.69, 9.17) is 0 Å². The molecule has 7 heteroatoms. The van der Waals surface area contributed by atoms with E-state index in [0.717, 1.165) is 25.9 Å². The molecule has 2 aliphatic rings. The summed E-state index contributed by atoms with van der Waals surface area (Å²) in [5, 5.41) is 0. The van der Waals surface area contributed by atoms with Crippen LogP contribution in [0.25, 0.3) is 0 Å². The molecule has 0 unspecified atom stereocenters. The Morgan fingerprint density at radius 3 is 2.56 bits per heavy atom. The van der Waals surface area contributed by atoms with Crippen LogP contribution in [-0.4, -0.2) is 34.5 Å². The Morgan fingerprint density at radius 2 is 1.84 bits per heavy atom. The fourth-order valence-electron chi connectivity index (χ4n) is 3.60. The third kappa shape index (κ3) is 3.16. The molecular weight excluding hydrogens is 326 g/mol. The number of anilines is 1. The van der Waals surface area contributed by atoms with Crippen molar-refractivity contribution in [3.63, 3.8) is 0 Å². The average molecular weight is 346 g/mol. The van der Waals surface area contributed by atoms with Crippen molar-refractivity contribution in [2.24, 2.45) is 0 Å². The van der Waals surface area contributed by atoms with Crippen molar-refractivity contribution in [1.29, 1.82) is 0 Å². The predicted octanol–water partition coefficient (Wildman–Crippen LogP) is 2.21. The molecule has 2 aliphatic heterocycles. The summed E-state index contributed by atoms with van der Waals surface area (Å²) < 4.78 is 27.8. The van der Waals surface area contributed by atoms with Crippen LogP contribution in [0.15, 0.2) is 23.0 Å². The van der Waals surface area contributed by atoms with Gasteiger partial charge in [-0.05, 0) is 31.4 Å². The molecule has 3 heterocycles. The van der Waals surface area contributed by atoms with Crippen LogP contribution in [0.2, 0.25) is 0 Å². The molecule has 1 N–H and O–H groups in total. The third-order valence-corrected chi connectivity index (χ3v) is 4.99. The normalized spacial score (nSPS) is 17.8. The van der Waals surface area contributed by atoms with Gasteiger partial charge in [0.1, 0.15) is 11.6 Å². The van der Waals surface area contributed by atoms with Gasteiger partial charge in [-0.25, -0.2) is 13.8 Å². The lowest BCUT2D eigenvalue weighted by Crippen LogP contribution is -2.36. The minimum absolute atomic E-state index is 0.0653. The van der Waals surface area contributed by atoms with Crippen molar-refractivity contribution in [2.75, 3.05) is 24.5 Å². The Kier molecular flexibility index (Phi) is 4.25. The maximum absolute atomic E-state index is 13.9. The summed E-state index contributed by atoms with van der Waals surface area (Å²) in [7, 11) is 0. The summed E-state index contributed by atoms with van der Waals surface area (Å²) in [4.78, 5) is 23.9. The smallest absolute Gasteiger partial charge is 0.255 e. The molecule has 132 valence electrons. The van der Waals surface area contributed by atoms with Gasteiger partial charge in [-0.15, -0.1) is 0 Å². The maximum Gasteiger partial charge on any atom is 0.255 e. The van der Waals surface area contributed by atoms with Gasteiger partial charge in [-0.3, -0.25) is 14.7 Å². The summed E-state index contributed by atoms with van der Waals surface area (Å²) in [6, 6.07) is 3.90. The Bertz CT molecular complexity index is 825. The summed E-state index contributed by atoms with van der Waals surface area (Å²) in [5.74, 6) is -0.468. The Labute approximate surface area is 144 Å². The van der Waals surface area contributed by atoms with E-state index in [9.17, 15) is 13.6 Å². The van der Waals surface area contributed by atoms with Crippen LogP contribution >= 0.6 is 0 Å². The van der Waals surface area contributed by atoms with E-state index in [2.05, 4.69) is 14.9 Å². The Balaban J connectivity index is 1.58. The minimum Gasteiger partial charge on any atom is -0.342 e. The second-order valence-corrected chi connectivity index (χ2v) is 6.67. The van der Waals surface area contributed by atoms with Crippen LogP contribution in [0.1, 0.15) is 29.7 Å². The summed E-state index contributed by atoms with van der Waals surface area (Å²) in [5.41, 5.74) is 1.38. The lowest BCUT2D eigenvalue weighted by atomic mass is 10.1. The summed E-state index contributed by atoms with van der Waals surface area (Å²) in [6.45, 7) is 2.96. The van der Waals surface area contributed by atoms with Crippen LogP contribution < -0.4 is 10.5 Å². The van der Waals surface area contributed by atoms with Gasteiger partial charge in [0, 0.05) is 43.9 Å². The van der Waals surface area contributed by atoms with E-state index in [1.54, 1.807) is 0 Å². The Hall–Kier alpha value is -2.28. The molecule has 0 radical (unpaired) electrons. The van der Waals surface area contributed by atoms with Crippen molar-refractivity contribution < 1.29 is 8.78 Å². The highest BCUT2D eigenvalue weighted by Crippen LogP contribution is 2.22. The molecular formula is C18H20F2N4O. The second-order valence-electron chi connectivity index (χ2n) is 6.67. The molecule has 1 saturated heterocycles. The van der Waals surface area contributed by atoms with E-state index in [-0.39, 0.29) is 17.7 Å². The number of aromatic nitrogens is 2. The van der Waals surface area contributed by atoms with Gasteiger partial charge in [0.2, 0.25) is 5.95 Å². The number of aromatic amines is 1. The van der Waals surface area contributed by atoms with E-state index in [0.29, 0.717) is 36.7 Å². The lowest BCUT2D eigenvalue weighted by Gasteiger charge is -2.28. The van der Waals surface area contributed by atoms with Gasteiger partial charge in [0.25, 0.3) is 5.56 Å². The second kappa shape index (κ2) is 6.55. The molecule has 0 aliphatic carbocycles. The number of hydrogen-bond acceptors (Lipinski definition) is 4. The first-order valence-electron chi connectivity index (χ1n) is 8.64. The summed E-state index contributed by atoms with van der Waals surface area (Å²) in [6.07, 6.45) is 2.73. The molecule has 1 aromatic heterocycles. The van der Waals surface area contributed by atoms with E-state index in [1.807, 2.05) is 4.90 Å². The van der Waals surface area contributed by atoms with Gasteiger partial charge >= 0.3 is 0 Å². The number of fused-ring (bicyclic) bond motifs is 1. The van der Waals surface area contributed by atoms with Crippen molar-refractivity contribution >= 4 is 5.95 Å². The number of nitrogens with zero attached hydrogens (tertiary/aromatic N) is 3. The predicted molar refractivity (Wildman–Crippen MR) is 90.5 cm³/mol. The molecule has 0 spiro atoms. The zero-order valence-electron chi connectivity index (χ0n) is 13.9. The number of nitrogens with one attached hydrogen (secondary N) is 1. The van der Waals surface area contributed by atoms with Crippen LogP contribution in [0.3, 0.4) is 0 Å². The largest absolute Gasteiger partial charge is 0.342 e. The van der Waals surface area contributed by atoms with Gasteiger partial charge < -0.3 is 4.90 Å². The van der Waals surface area contributed by atoms with Crippen LogP contribution in [0.4, 0.5) is 14.7 Å². The molecule has 25 heavy (non-hydrogen) atoms. The highest BCUT2D eigenvalue weighted by Gasteiger charge is 2.24. The minimum atomic E-state index is -0.539. The summed E-state index contributed by atoms with van der Waals surface area (Å²) >= 11 is 0. The molecule has 5 nitrogen and oxygen atoms in total. The number of benzene rings is 1. The molecule has 2 aromatic rings. The highest BCUT2D eigenvalue weighted by molar-refractivity contribution is 5.35. The number of H-pyrrole nitrogens is 1. The van der Waals surface area contributed by atoms with E-state index in [1.165, 1.54) is 18.2 Å². The first kappa shape index (κ1) is 16.2. The van der Waals surface area contributed by atoms with Gasteiger partial charge in [0.05, 0.1) is 5.69 Å². The number of hydrogen-bond donors (Lipinski definition) is 1. The standard InChI is InChI=1S/C18H20F2N4O/c19-14-4-3-5-15(20)13(14)10-23-9-6-12-16(11-23)21-18(22-17(12)25)24-7-1-2-8-24/h3-5H,1-2,6-11H2,(H,21,22,25). The van der Waals surface area contributed by atoms with E-state index >= 15 is 0 Å². The number of halogens is 2. The molecule has 4 rings (SSSR count). The van der Waals surface area contributed by atoms with E-state index < -0.39 is 11.6 Å². The van der Waals surface area contributed by atoms with Crippen molar-refractivity contribution in [2.45, 2.75) is 32.4 Å². The SMILES string of the molecule is O=c1[nH]c(N2CCCC2)nc2c1CCN(Cc1c(F)cccc1F)C2. The molecule has 1 fully saturated rings. The van der Waals surface area contributed by atoms with Crippen molar-refractivity contribution in [3.8, 4) is 0 Å². The fourth-order valence-corrected chi connectivity index (χ4v) is 3.60. The van der Waals surface area contributed by atoms with Gasteiger partial charge in [-0.1, -0.05) is 6.07 Å². The average Bonchev–Trinajstić information content (AvgIpc) is 3.12. The molecule has 0 amide bonds. The maximum atomic E-state index is 13.9. The quantitative estimate of drug-likeness (QED) is 0.926.